The number of thioether (sulfide) groups is 1. The molecule has 1 amide bonds. The van der Waals surface area contributed by atoms with Crippen LogP contribution in [-0.4, -0.2) is 48.7 Å². The maximum absolute atomic E-state index is 12.0. The van der Waals surface area contributed by atoms with Crippen LogP contribution >= 0.6 is 11.8 Å². The minimum absolute atomic E-state index is 0.0697. The number of amides is 1. The summed E-state index contributed by atoms with van der Waals surface area (Å²) in [6, 6.07) is 14.4. The smallest absolute Gasteiger partial charge is 0.230 e. The Morgan fingerprint density at radius 3 is 2.65 bits per heavy atom. The maximum atomic E-state index is 12.0. The van der Waals surface area contributed by atoms with Crippen molar-refractivity contribution in [2.24, 2.45) is 0 Å². The summed E-state index contributed by atoms with van der Waals surface area (Å²) in [4.78, 5) is 18.7. The second kappa shape index (κ2) is 10.2. The summed E-state index contributed by atoms with van der Waals surface area (Å²) in [5, 5.41) is 2.96. The van der Waals surface area contributed by atoms with Gasteiger partial charge in [0.05, 0.1) is 19.0 Å². The first-order chi connectivity index (χ1) is 12.8. The molecule has 138 valence electrons. The third-order valence-electron chi connectivity index (χ3n) is 4.24. The van der Waals surface area contributed by atoms with Crippen LogP contribution in [0.25, 0.3) is 0 Å². The van der Waals surface area contributed by atoms with Crippen molar-refractivity contribution in [2.75, 3.05) is 42.7 Å². The molecule has 6 heteroatoms. The molecule has 1 aromatic carbocycles. The first-order valence-corrected chi connectivity index (χ1v) is 10.1. The number of aryl methyl sites for hydroxylation is 1. The highest BCUT2D eigenvalue weighted by atomic mass is 32.2. The minimum atomic E-state index is 0.0697. The van der Waals surface area contributed by atoms with Gasteiger partial charge in [0.2, 0.25) is 5.91 Å². The van der Waals surface area contributed by atoms with E-state index in [2.05, 4.69) is 27.3 Å². The van der Waals surface area contributed by atoms with E-state index < -0.39 is 0 Å². The van der Waals surface area contributed by atoms with Crippen LogP contribution in [0.3, 0.4) is 0 Å². The Balaban J connectivity index is 1.33. The zero-order valence-corrected chi connectivity index (χ0v) is 15.7. The number of aromatic nitrogens is 1. The second-order valence-corrected chi connectivity index (χ2v) is 7.29. The van der Waals surface area contributed by atoms with Crippen molar-refractivity contribution in [1.82, 2.24) is 10.3 Å². The van der Waals surface area contributed by atoms with Crippen LogP contribution in [0.2, 0.25) is 0 Å². The number of nitrogens with zero attached hydrogens (tertiary/aromatic N) is 2. The molecule has 0 aliphatic carbocycles. The number of hydrogen-bond acceptors (Lipinski definition) is 5. The number of morpholine rings is 1. The van der Waals surface area contributed by atoms with Crippen LogP contribution in [-0.2, 0) is 22.5 Å². The second-order valence-electron chi connectivity index (χ2n) is 6.19. The highest BCUT2D eigenvalue weighted by molar-refractivity contribution is 7.99. The van der Waals surface area contributed by atoms with E-state index in [0.717, 1.165) is 49.9 Å². The molecule has 1 aliphatic heterocycles. The molecule has 26 heavy (non-hydrogen) atoms. The van der Waals surface area contributed by atoms with Crippen LogP contribution in [0.15, 0.2) is 48.7 Å². The van der Waals surface area contributed by atoms with Crippen molar-refractivity contribution in [3.8, 4) is 0 Å². The molecule has 0 bridgehead atoms. The van der Waals surface area contributed by atoms with Gasteiger partial charge in [0, 0.05) is 25.8 Å². The summed E-state index contributed by atoms with van der Waals surface area (Å²) < 4.78 is 5.36. The summed E-state index contributed by atoms with van der Waals surface area (Å²) in [5.74, 6) is 2.49. The molecule has 2 aromatic rings. The average Bonchev–Trinajstić information content (AvgIpc) is 2.71. The predicted molar refractivity (Wildman–Crippen MR) is 107 cm³/mol. The van der Waals surface area contributed by atoms with E-state index in [4.69, 9.17) is 4.74 Å². The van der Waals surface area contributed by atoms with E-state index in [1.165, 1.54) is 5.56 Å². The summed E-state index contributed by atoms with van der Waals surface area (Å²) in [6.07, 6.45) is 2.83. The number of anilines is 1. The lowest BCUT2D eigenvalue weighted by Gasteiger charge is -2.27. The minimum Gasteiger partial charge on any atom is -0.378 e. The third kappa shape index (κ3) is 6.04. The molecule has 1 aromatic heterocycles. The van der Waals surface area contributed by atoms with E-state index in [-0.39, 0.29) is 5.91 Å². The molecule has 3 rings (SSSR count). The topological polar surface area (TPSA) is 54.5 Å². The van der Waals surface area contributed by atoms with Crippen LogP contribution in [0.5, 0.6) is 0 Å². The number of hydrogen-bond donors (Lipinski definition) is 1. The molecule has 1 N–H and O–H groups in total. The summed E-state index contributed by atoms with van der Waals surface area (Å²) >= 11 is 1.67. The Morgan fingerprint density at radius 1 is 1.12 bits per heavy atom. The molecular formula is C20H25N3O2S. The lowest BCUT2D eigenvalue weighted by molar-refractivity contribution is -0.118. The largest absolute Gasteiger partial charge is 0.378 e. The molecule has 0 atom stereocenters. The standard InChI is InChI=1S/C20H25N3O2S/c24-20(16-26-13-8-17-4-2-1-3-5-17)22-15-18-6-7-19(21-14-18)23-9-11-25-12-10-23/h1-7,14H,8-13,15-16H2,(H,22,24). The van der Waals surface area contributed by atoms with Gasteiger partial charge in [0.15, 0.2) is 0 Å². The number of benzene rings is 1. The number of carbonyl (C=O) groups is 1. The van der Waals surface area contributed by atoms with Gasteiger partial charge in [-0.1, -0.05) is 36.4 Å². The predicted octanol–water partition coefficient (Wildman–Crippen LogP) is 2.51. The Labute approximate surface area is 159 Å². The van der Waals surface area contributed by atoms with Crippen molar-refractivity contribution in [3.05, 3.63) is 59.8 Å². The van der Waals surface area contributed by atoms with Gasteiger partial charge in [0.25, 0.3) is 0 Å². The van der Waals surface area contributed by atoms with Crippen LogP contribution in [0.4, 0.5) is 5.82 Å². The van der Waals surface area contributed by atoms with Gasteiger partial charge in [-0.2, -0.15) is 11.8 Å². The monoisotopic (exact) mass is 371 g/mol. The van der Waals surface area contributed by atoms with Gasteiger partial charge >= 0.3 is 0 Å². The first kappa shape index (κ1) is 18.7. The van der Waals surface area contributed by atoms with E-state index in [9.17, 15) is 4.79 Å². The van der Waals surface area contributed by atoms with Crippen molar-refractivity contribution < 1.29 is 9.53 Å². The lowest BCUT2D eigenvalue weighted by Crippen LogP contribution is -2.36. The Morgan fingerprint density at radius 2 is 1.92 bits per heavy atom. The molecule has 0 spiro atoms. The number of pyridine rings is 1. The van der Waals surface area contributed by atoms with E-state index in [1.807, 2.05) is 36.5 Å². The normalized spacial score (nSPS) is 14.2. The van der Waals surface area contributed by atoms with Crippen molar-refractivity contribution in [1.29, 1.82) is 0 Å². The highest BCUT2D eigenvalue weighted by Crippen LogP contribution is 2.13. The van der Waals surface area contributed by atoms with Gasteiger partial charge in [0.1, 0.15) is 5.82 Å². The van der Waals surface area contributed by atoms with Crippen molar-refractivity contribution in [3.63, 3.8) is 0 Å². The maximum Gasteiger partial charge on any atom is 0.230 e. The van der Waals surface area contributed by atoms with Crippen molar-refractivity contribution >= 4 is 23.5 Å². The fourth-order valence-electron chi connectivity index (χ4n) is 2.75. The molecule has 2 heterocycles. The number of rotatable bonds is 8. The van der Waals surface area contributed by atoms with Gasteiger partial charge in [-0.15, -0.1) is 0 Å². The SMILES string of the molecule is O=C(CSCCc1ccccc1)NCc1ccc(N2CCOCC2)nc1. The Bertz CT molecular complexity index is 673. The lowest BCUT2D eigenvalue weighted by atomic mass is 10.2. The first-order valence-electron chi connectivity index (χ1n) is 8.97. The quantitative estimate of drug-likeness (QED) is 0.723. The molecule has 0 unspecified atom stereocenters. The van der Waals surface area contributed by atoms with E-state index in [0.29, 0.717) is 12.3 Å². The Kier molecular flexibility index (Phi) is 7.34. The molecular weight excluding hydrogens is 346 g/mol. The number of nitrogens with one attached hydrogen (secondary N) is 1. The van der Waals surface area contributed by atoms with Gasteiger partial charge in [-0.3, -0.25) is 4.79 Å². The highest BCUT2D eigenvalue weighted by Gasteiger charge is 2.12. The zero-order valence-electron chi connectivity index (χ0n) is 14.9. The molecule has 0 radical (unpaired) electrons. The summed E-state index contributed by atoms with van der Waals surface area (Å²) in [6.45, 7) is 3.78. The fourth-order valence-corrected chi connectivity index (χ4v) is 3.56. The number of ether oxygens (including phenoxy) is 1. The summed E-state index contributed by atoms with van der Waals surface area (Å²) in [5.41, 5.74) is 2.33. The van der Waals surface area contributed by atoms with Gasteiger partial charge < -0.3 is 15.0 Å². The molecule has 5 nitrogen and oxygen atoms in total. The fraction of sp³-hybridized carbons (Fsp3) is 0.400. The summed E-state index contributed by atoms with van der Waals surface area (Å²) in [7, 11) is 0. The van der Waals surface area contributed by atoms with E-state index in [1.54, 1.807) is 11.8 Å². The molecule has 0 saturated carbocycles. The van der Waals surface area contributed by atoms with E-state index >= 15 is 0 Å². The Hall–Kier alpha value is -2.05. The molecule has 1 saturated heterocycles. The molecule has 1 fully saturated rings. The van der Waals surface area contributed by atoms with Crippen LogP contribution < -0.4 is 10.2 Å². The zero-order chi connectivity index (χ0) is 18.0. The number of carbonyl (C=O) groups excluding carboxylic acids is 1. The van der Waals surface area contributed by atoms with Crippen LogP contribution in [0.1, 0.15) is 11.1 Å². The van der Waals surface area contributed by atoms with Gasteiger partial charge in [-0.25, -0.2) is 4.98 Å². The van der Waals surface area contributed by atoms with Gasteiger partial charge in [-0.05, 0) is 29.4 Å². The van der Waals surface area contributed by atoms with Crippen molar-refractivity contribution in [2.45, 2.75) is 13.0 Å². The van der Waals surface area contributed by atoms with Crippen LogP contribution in [0, 0.1) is 0 Å². The average molecular weight is 372 g/mol. The molecule has 1 aliphatic rings. The third-order valence-corrected chi connectivity index (χ3v) is 5.20.